The van der Waals surface area contributed by atoms with E-state index in [1.54, 1.807) is 68.4 Å². The summed E-state index contributed by atoms with van der Waals surface area (Å²) in [4.78, 5) is 21.1. The normalized spacial score (nSPS) is 11.5. The summed E-state index contributed by atoms with van der Waals surface area (Å²) in [6.07, 6.45) is 0. The Kier molecular flexibility index (Phi) is 7.74. The Morgan fingerprint density at radius 1 is 0.763 bits per heavy atom. The van der Waals surface area contributed by atoms with Gasteiger partial charge in [-0.25, -0.2) is 31.5 Å². The van der Waals surface area contributed by atoms with Gasteiger partial charge < -0.3 is 5.32 Å². The molecule has 4 aromatic rings. The van der Waals surface area contributed by atoms with Gasteiger partial charge in [-0.2, -0.15) is 0 Å². The minimum Gasteiger partial charge on any atom is -0.325 e. The Morgan fingerprint density at radius 3 is 1.89 bits per heavy atom. The number of sulfonamides is 2. The molecule has 3 aromatic carbocycles. The quantitative estimate of drug-likeness (QED) is 0.323. The lowest BCUT2D eigenvalue weighted by atomic mass is 10.3. The first-order valence-electron chi connectivity index (χ1n) is 11.4. The minimum absolute atomic E-state index is 0.0412. The zero-order chi connectivity index (χ0) is 27.3. The van der Waals surface area contributed by atoms with Crippen molar-refractivity contribution in [2.24, 2.45) is 0 Å². The van der Waals surface area contributed by atoms with Gasteiger partial charge in [-0.15, -0.1) is 0 Å². The molecule has 1 amide bonds. The second-order valence-electron chi connectivity index (χ2n) is 8.31. The van der Waals surface area contributed by atoms with E-state index in [1.165, 1.54) is 36.4 Å². The van der Waals surface area contributed by atoms with Crippen molar-refractivity contribution in [2.75, 3.05) is 20.9 Å². The molecule has 1 aromatic heterocycles. The molecule has 0 aliphatic rings. The fourth-order valence-electron chi connectivity index (χ4n) is 3.63. The maximum atomic E-state index is 13.3. The second kappa shape index (κ2) is 11.0. The van der Waals surface area contributed by atoms with Crippen molar-refractivity contribution in [2.45, 2.75) is 23.6 Å². The molecule has 2 N–H and O–H groups in total. The third kappa shape index (κ3) is 6.33. The maximum Gasteiger partial charge on any atom is 0.264 e. The molecule has 0 bridgehead atoms. The number of nitrogens with zero attached hydrogens (tertiary/aromatic N) is 3. The number of aromatic nitrogens is 2. The lowest BCUT2D eigenvalue weighted by Gasteiger charge is -2.24. The third-order valence-electron chi connectivity index (χ3n) is 5.32. The van der Waals surface area contributed by atoms with E-state index in [0.29, 0.717) is 22.8 Å². The summed E-state index contributed by atoms with van der Waals surface area (Å²) < 4.78 is 55.5. The number of anilines is 3. The summed E-state index contributed by atoms with van der Waals surface area (Å²) in [5.74, 6) is -0.647. The summed E-state index contributed by atoms with van der Waals surface area (Å²) in [6.45, 7) is 2.97. The molecule has 0 atom stereocenters. The number of benzene rings is 3. The van der Waals surface area contributed by atoms with Crippen LogP contribution >= 0.6 is 0 Å². The van der Waals surface area contributed by atoms with Crippen LogP contribution in [-0.4, -0.2) is 39.3 Å². The highest BCUT2D eigenvalue weighted by Crippen LogP contribution is 2.24. The third-order valence-corrected chi connectivity index (χ3v) is 8.45. The van der Waals surface area contributed by atoms with E-state index in [1.807, 2.05) is 0 Å². The van der Waals surface area contributed by atoms with Crippen molar-refractivity contribution >= 4 is 43.3 Å². The molecule has 10 nitrogen and oxygen atoms in total. The zero-order valence-electron chi connectivity index (χ0n) is 20.6. The summed E-state index contributed by atoms with van der Waals surface area (Å²) in [5.41, 5.74) is 1.86. The molecule has 0 unspecified atom stereocenters. The molecule has 0 aliphatic heterocycles. The number of hydrogen-bond donors (Lipinski definition) is 2. The lowest BCUT2D eigenvalue weighted by molar-refractivity contribution is -0.114. The Balaban J connectivity index is 1.50. The van der Waals surface area contributed by atoms with Crippen molar-refractivity contribution < 1.29 is 21.6 Å². The summed E-state index contributed by atoms with van der Waals surface area (Å²) in [7, 11) is -8.00. The van der Waals surface area contributed by atoms with E-state index >= 15 is 0 Å². The fraction of sp³-hybridized carbons (Fsp3) is 0.115. The van der Waals surface area contributed by atoms with Crippen molar-refractivity contribution in [3.8, 4) is 0 Å². The van der Waals surface area contributed by atoms with E-state index in [4.69, 9.17) is 0 Å². The van der Waals surface area contributed by atoms with Crippen LogP contribution in [0.25, 0.3) is 0 Å². The van der Waals surface area contributed by atoms with Gasteiger partial charge in [0.2, 0.25) is 11.9 Å². The molecule has 0 radical (unpaired) electrons. The molecule has 38 heavy (non-hydrogen) atoms. The molecule has 12 heteroatoms. The Morgan fingerprint density at radius 2 is 1.32 bits per heavy atom. The van der Waals surface area contributed by atoms with E-state index in [2.05, 4.69) is 20.0 Å². The van der Waals surface area contributed by atoms with Crippen LogP contribution in [0.1, 0.15) is 11.4 Å². The van der Waals surface area contributed by atoms with Gasteiger partial charge in [0.05, 0.1) is 15.5 Å². The van der Waals surface area contributed by atoms with Crippen LogP contribution in [0.3, 0.4) is 0 Å². The van der Waals surface area contributed by atoms with Crippen LogP contribution in [0.15, 0.2) is 101 Å². The fourth-order valence-corrected chi connectivity index (χ4v) is 6.01. The van der Waals surface area contributed by atoms with Gasteiger partial charge in [-0.1, -0.05) is 36.4 Å². The average Bonchev–Trinajstić information content (AvgIpc) is 2.87. The molecule has 0 aliphatic carbocycles. The Bertz CT molecular complexity index is 1630. The lowest BCUT2D eigenvalue weighted by Crippen LogP contribution is -2.38. The van der Waals surface area contributed by atoms with Gasteiger partial charge >= 0.3 is 0 Å². The van der Waals surface area contributed by atoms with Crippen molar-refractivity contribution in [1.29, 1.82) is 0 Å². The van der Waals surface area contributed by atoms with Crippen molar-refractivity contribution in [3.05, 3.63) is 102 Å². The van der Waals surface area contributed by atoms with E-state index < -0.39 is 32.5 Å². The van der Waals surface area contributed by atoms with Crippen LogP contribution in [0.5, 0.6) is 0 Å². The van der Waals surface area contributed by atoms with Crippen LogP contribution in [0.2, 0.25) is 0 Å². The average molecular weight is 552 g/mol. The first kappa shape index (κ1) is 26.8. The smallest absolute Gasteiger partial charge is 0.264 e. The molecule has 1 heterocycles. The first-order chi connectivity index (χ1) is 18.0. The predicted molar refractivity (Wildman–Crippen MR) is 145 cm³/mol. The van der Waals surface area contributed by atoms with Crippen LogP contribution in [-0.2, 0) is 24.8 Å². The Hall–Kier alpha value is -4.29. The second-order valence-corrected chi connectivity index (χ2v) is 11.9. The summed E-state index contributed by atoms with van der Waals surface area (Å²) >= 11 is 0. The predicted octanol–water partition coefficient (Wildman–Crippen LogP) is 3.73. The van der Waals surface area contributed by atoms with Crippen LogP contribution < -0.4 is 14.3 Å². The van der Waals surface area contributed by atoms with Crippen molar-refractivity contribution in [3.63, 3.8) is 0 Å². The van der Waals surface area contributed by atoms with Gasteiger partial charge in [-0.05, 0) is 68.4 Å². The van der Waals surface area contributed by atoms with Crippen LogP contribution in [0, 0.1) is 13.8 Å². The number of hydrogen-bond acceptors (Lipinski definition) is 7. The molecule has 0 spiro atoms. The molecule has 4 rings (SSSR count). The molecule has 196 valence electrons. The van der Waals surface area contributed by atoms with Gasteiger partial charge in [0, 0.05) is 17.1 Å². The first-order valence-corrected chi connectivity index (χ1v) is 14.3. The zero-order valence-corrected chi connectivity index (χ0v) is 22.2. The monoisotopic (exact) mass is 551 g/mol. The number of carbonyl (C=O) groups excluding carboxylic acids is 1. The van der Waals surface area contributed by atoms with E-state index in [9.17, 15) is 21.6 Å². The van der Waals surface area contributed by atoms with Crippen LogP contribution in [0.4, 0.5) is 17.3 Å². The number of nitrogens with one attached hydrogen (secondary N) is 2. The highest BCUT2D eigenvalue weighted by atomic mass is 32.2. The summed E-state index contributed by atoms with van der Waals surface area (Å²) in [5, 5.41) is 2.62. The van der Waals surface area contributed by atoms with Gasteiger partial charge in [0.1, 0.15) is 6.54 Å². The topological polar surface area (TPSA) is 138 Å². The minimum atomic E-state index is -4.03. The van der Waals surface area contributed by atoms with E-state index in [0.717, 1.165) is 4.31 Å². The molecule has 0 saturated heterocycles. The highest BCUT2D eigenvalue weighted by Gasteiger charge is 2.27. The number of aryl methyl sites for hydroxylation is 2. The molecule has 0 fully saturated rings. The standard InChI is InChI=1S/C26H25N5O5S2/c1-19-17-20(2)28-26(27-19)30-37(33,34)23-15-13-21(14-16-23)29-25(32)18-31(22-9-5-3-6-10-22)38(35,36)24-11-7-4-8-12-24/h3-17H,18H2,1-2H3,(H,29,32)(H,27,28,30). The van der Waals surface area contributed by atoms with E-state index in [-0.39, 0.29) is 15.7 Å². The summed E-state index contributed by atoms with van der Waals surface area (Å²) in [6, 6.07) is 23.3. The molecule has 0 saturated carbocycles. The van der Waals surface area contributed by atoms with Gasteiger partial charge in [0.25, 0.3) is 20.0 Å². The molecular formula is C26H25N5O5S2. The molecular weight excluding hydrogens is 526 g/mol. The largest absolute Gasteiger partial charge is 0.325 e. The SMILES string of the molecule is Cc1cc(C)nc(NS(=O)(=O)c2ccc(NC(=O)CN(c3ccccc3)S(=O)(=O)c3ccccc3)cc2)n1. The highest BCUT2D eigenvalue weighted by molar-refractivity contribution is 7.93. The maximum absolute atomic E-state index is 13.3. The number of para-hydroxylation sites is 1. The Labute approximate surface area is 221 Å². The number of carbonyl (C=O) groups is 1. The van der Waals surface area contributed by atoms with Gasteiger partial charge in [-0.3, -0.25) is 9.10 Å². The van der Waals surface area contributed by atoms with Gasteiger partial charge in [0.15, 0.2) is 0 Å². The number of amides is 1. The van der Waals surface area contributed by atoms with Crippen molar-refractivity contribution in [1.82, 2.24) is 9.97 Å². The number of rotatable bonds is 9.